The van der Waals surface area contributed by atoms with E-state index in [9.17, 15) is 8.42 Å². The minimum atomic E-state index is -3.53. The van der Waals surface area contributed by atoms with E-state index in [1.807, 2.05) is 5.38 Å². The van der Waals surface area contributed by atoms with Gasteiger partial charge in [-0.05, 0) is 12.1 Å². The molecule has 0 fully saturated rings. The number of benzene rings is 1. The van der Waals surface area contributed by atoms with Gasteiger partial charge in [0, 0.05) is 30.6 Å². The summed E-state index contributed by atoms with van der Waals surface area (Å²) in [5.41, 5.74) is 6.23. The van der Waals surface area contributed by atoms with Crippen molar-refractivity contribution in [2.24, 2.45) is 0 Å². The second kappa shape index (κ2) is 5.49. The highest BCUT2D eigenvalue weighted by atomic mass is 32.2. The number of anilines is 1. The number of thiazole rings is 1. The van der Waals surface area contributed by atoms with Crippen LogP contribution in [0.1, 0.15) is 0 Å². The third-order valence-electron chi connectivity index (χ3n) is 2.39. The van der Waals surface area contributed by atoms with E-state index in [-0.39, 0.29) is 10.6 Å². The molecule has 0 aliphatic heterocycles. The highest BCUT2D eigenvalue weighted by Crippen LogP contribution is 2.36. The van der Waals surface area contributed by atoms with Gasteiger partial charge >= 0.3 is 0 Å². The number of rotatable bonds is 4. The number of nitrogen functional groups attached to an aromatic ring is 1. The highest BCUT2D eigenvalue weighted by Gasteiger charge is 2.22. The first-order valence-corrected chi connectivity index (χ1v) is 8.45. The Labute approximate surface area is 120 Å². The second-order valence-electron chi connectivity index (χ2n) is 3.86. The van der Waals surface area contributed by atoms with Crippen LogP contribution in [0.15, 0.2) is 43.9 Å². The average molecular weight is 315 g/mol. The van der Waals surface area contributed by atoms with E-state index in [0.717, 1.165) is 8.64 Å². The Kier molecular flexibility index (Phi) is 4.14. The third-order valence-corrected chi connectivity index (χ3v) is 6.22. The first-order valence-electron chi connectivity index (χ1n) is 5.31. The summed E-state index contributed by atoms with van der Waals surface area (Å²) in [5, 5.41) is 1.86. The zero-order valence-electron chi connectivity index (χ0n) is 10.4. The predicted octanol–water partition coefficient (Wildman–Crippen LogP) is 2.13. The van der Waals surface area contributed by atoms with Crippen LogP contribution in [0.25, 0.3) is 0 Å². The minimum Gasteiger partial charge on any atom is -0.397 e. The standard InChI is InChI=1S/C11H13N3O2S3/c1-14(2)19(15,16)9-5-3-4-8(10(9)12)18-11-13-6-7-17-11/h3-7H,12H2,1-2H3. The molecule has 0 amide bonds. The van der Waals surface area contributed by atoms with E-state index < -0.39 is 10.0 Å². The lowest BCUT2D eigenvalue weighted by Crippen LogP contribution is -2.23. The first-order chi connectivity index (χ1) is 8.93. The van der Waals surface area contributed by atoms with Crippen molar-refractivity contribution in [2.45, 2.75) is 14.1 Å². The molecule has 1 aromatic carbocycles. The molecule has 8 heteroatoms. The monoisotopic (exact) mass is 315 g/mol. The summed E-state index contributed by atoms with van der Waals surface area (Å²) >= 11 is 2.84. The molecule has 0 saturated carbocycles. The Morgan fingerprint density at radius 1 is 1.37 bits per heavy atom. The van der Waals surface area contributed by atoms with Crippen molar-refractivity contribution < 1.29 is 8.42 Å². The van der Waals surface area contributed by atoms with Crippen LogP contribution < -0.4 is 5.73 Å². The third kappa shape index (κ3) is 2.92. The molecule has 5 nitrogen and oxygen atoms in total. The Hall–Kier alpha value is -1.09. The number of aromatic nitrogens is 1. The number of hydrogen-bond acceptors (Lipinski definition) is 6. The molecule has 2 rings (SSSR count). The Morgan fingerprint density at radius 2 is 2.11 bits per heavy atom. The van der Waals surface area contributed by atoms with Gasteiger partial charge in [-0.15, -0.1) is 11.3 Å². The zero-order valence-corrected chi connectivity index (χ0v) is 12.8. The van der Waals surface area contributed by atoms with E-state index in [0.29, 0.717) is 4.90 Å². The zero-order chi connectivity index (χ0) is 14.0. The van der Waals surface area contributed by atoms with Gasteiger partial charge in [0.1, 0.15) is 4.90 Å². The largest absolute Gasteiger partial charge is 0.397 e. The van der Waals surface area contributed by atoms with E-state index in [1.165, 1.54) is 43.3 Å². The minimum absolute atomic E-state index is 0.124. The molecule has 0 radical (unpaired) electrons. The Bertz CT molecular complexity index is 666. The molecule has 0 spiro atoms. The molecule has 2 N–H and O–H groups in total. The van der Waals surface area contributed by atoms with Gasteiger partial charge in [0.05, 0.1) is 5.69 Å². The van der Waals surface area contributed by atoms with E-state index >= 15 is 0 Å². The SMILES string of the molecule is CN(C)S(=O)(=O)c1cccc(Sc2nccs2)c1N. The van der Waals surface area contributed by atoms with Crippen LogP contribution in [-0.4, -0.2) is 31.8 Å². The summed E-state index contributed by atoms with van der Waals surface area (Å²) < 4.78 is 26.2. The Balaban J connectivity index is 2.44. The van der Waals surface area contributed by atoms with E-state index in [2.05, 4.69) is 4.98 Å². The quantitative estimate of drug-likeness (QED) is 0.875. The summed E-state index contributed by atoms with van der Waals surface area (Å²) in [4.78, 5) is 4.96. The average Bonchev–Trinajstić information content (AvgIpc) is 2.84. The topological polar surface area (TPSA) is 76.3 Å². The maximum absolute atomic E-state index is 12.1. The summed E-state index contributed by atoms with van der Waals surface area (Å²) in [6.07, 6.45) is 1.70. The summed E-state index contributed by atoms with van der Waals surface area (Å²) in [6.45, 7) is 0. The van der Waals surface area contributed by atoms with Crippen molar-refractivity contribution in [1.29, 1.82) is 0 Å². The smallest absolute Gasteiger partial charge is 0.244 e. The van der Waals surface area contributed by atoms with Crippen molar-refractivity contribution in [3.63, 3.8) is 0 Å². The van der Waals surface area contributed by atoms with E-state index in [4.69, 9.17) is 5.73 Å². The van der Waals surface area contributed by atoms with Gasteiger partial charge in [0.25, 0.3) is 0 Å². The van der Waals surface area contributed by atoms with Crippen LogP contribution in [0, 0.1) is 0 Å². The predicted molar refractivity (Wildman–Crippen MR) is 78.0 cm³/mol. The summed E-state index contributed by atoms with van der Waals surface area (Å²) in [6, 6.07) is 4.98. The molecule has 1 heterocycles. The molecular weight excluding hydrogens is 302 g/mol. The molecule has 0 aliphatic carbocycles. The lowest BCUT2D eigenvalue weighted by Gasteiger charge is -2.14. The van der Waals surface area contributed by atoms with Gasteiger partial charge in [-0.1, -0.05) is 17.8 Å². The summed E-state index contributed by atoms with van der Waals surface area (Å²) in [5.74, 6) is 0. The van der Waals surface area contributed by atoms with Crippen LogP contribution in [-0.2, 0) is 10.0 Å². The van der Waals surface area contributed by atoms with Gasteiger partial charge in [-0.25, -0.2) is 17.7 Å². The van der Waals surface area contributed by atoms with Crippen molar-refractivity contribution in [3.05, 3.63) is 29.8 Å². The summed E-state index contributed by atoms with van der Waals surface area (Å²) in [7, 11) is -0.568. The van der Waals surface area contributed by atoms with Gasteiger partial charge in [0.2, 0.25) is 10.0 Å². The molecule has 0 atom stereocenters. The second-order valence-corrected chi connectivity index (χ2v) is 8.16. The normalized spacial score (nSPS) is 11.9. The fourth-order valence-corrected chi connectivity index (χ4v) is 4.14. The van der Waals surface area contributed by atoms with E-state index in [1.54, 1.807) is 18.3 Å². The van der Waals surface area contributed by atoms with Crippen molar-refractivity contribution in [3.8, 4) is 0 Å². The molecule has 1 aromatic heterocycles. The lowest BCUT2D eigenvalue weighted by atomic mass is 10.3. The van der Waals surface area contributed by atoms with Gasteiger partial charge in [-0.3, -0.25) is 0 Å². The van der Waals surface area contributed by atoms with Crippen molar-refractivity contribution in [2.75, 3.05) is 19.8 Å². The molecule has 102 valence electrons. The van der Waals surface area contributed by atoms with Crippen LogP contribution in [0.4, 0.5) is 5.69 Å². The maximum Gasteiger partial charge on any atom is 0.244 e. The number of hydrogen-bond donors (Lipinski definition) is 1. The first kappa shape index (κ1) is 14.3. The molecule has 0 bridgehead atoms. The van der Waals surface area contributed by atoms with Crippen LogP contribution in [0.2, 0.25) is 0 Å². The van der Waals surface area contributed by atoms with Crippen LogP contribution in [0.5, 0.6) is 0 Å². The fourth-order valence-electron chi connectivity index (χ4n) is 1.39. The number of nitrogens with zero attached hydrogens (tertiary/aromatic N) is 2. The molecule has 19 heavy (non-hydrogen) atoms. The molecule has 0 aliphatic rings. The highest BCUT2D eigenvalue weighted by molar-refractivity contribution is 8.01. The number of para-hydroxylation sites is 1. The number of nitrogens with two attached hydrogens (primary N) is 1. The van der Waals surface area contributed by atoms with Crippen molar-refractivity contribution >= 4 is 38.8 Å². The number of sulfonamides is 1. The maximum atomic E-state index is 12.1. The molecule has 0 saturated heterocycles. The van der Waals surface area contributed by atoms with Gasteiger partial charge in [0.15, 0.2) is 4.34 Å². The van der Waals surface area contributed by atoms with Gasteiger partial charge in [-0.2, -0.15) is 0 Å². The molecule has 0 unspecified atom stereocenters. The lowest BCUT2D eigenvalue weighted by molar-refractivity contribution is 0.521. The fraction of sp³-hybridized carbons (Fsp3) is 0.182. The van der Waals surface area contributed by atoms with Crippen molar-refractivity contribution in [1.82, 2.24) is 9.29 Å². The molecule has 2 aromatic rings. The Morgan fingerprint density at radius 3 is 2.68 bits per heavy atom. The van der Waals surface area contributed by atoms with Crippen LogP contribution >= 0.6 is 23.1 Å². The van der Waals surface area contributed by atoms with Gasteiger partial charge < -0.3 is 5.73 Å². The molecular formula is C11H13N3O2S3. The van der Waals surface area contributed by atoms with Crippen LogP contribution in [0.3, 0.4) is 0 Å².